The molecule has 2 rings (SSSR count). The molecule has 0 saturated carbocycles. The molecule has 0 aliphatic heterocycles. The van der Waals surface area contributed by atoms with Crippen molar-refractivity contribution in [1.29, 1.82) is 0 Å². The molecular formula is C21H29NO4. The lowest BCUT2D eigenvalue weighted by atomic mass is 9.70. The molecule has 0 saturated heterocycles. The Morgan fingerprint density at radius 1 is 1.00 bits per heavy atom. The highest BCUT2D eigenvalue weighted by Gasteiger charge is 2.38. The third-order valence-electron chi connectivity index (χ3n) is 5.30. The average Bonchev–Trinajstić information content (AvgIpc) is 2.58. The molecule has 2 unspecified atom stereocenters. The Morgan fingerprint density at radius 3 is 2.08 bits per heavy atom. The SMILES string of the molecule is CC1=C(C)C(O)C(C(C)(C)CC(=O)Nc2ccc(CO)cc2)=C(C)C1O. The van der Waals surface area contributed by atoms with E-state index in [-0.39, 0.29) is 18.9 Å². The maximum atomic E-state index is 12.5. The van der Waals surface area contributed by atoms with Gasteiger partial charge < -0.3 is 20.6 Å². The number of carbonyl (C=O) groups excluding carboxylic acids is 1. The van der Waals surface area contributed by atoms with Gasteiger partial charge in [-0.05, 0) is 66.2 Å². The van der Waals surface area contributed by atoms with E-state index in [0.717, 1.165) is 16.7 Å². The van der Waals surface area contributed by atoms with Gasteiger partial charge in [-0.2, -0.15) is 0 Å². The van der Waals surface area contributed by atoms with Crippen molar-refractivity contribution >= 4 is 11.6 Å². The molecule has 142 valence electrons. The first-order chi connectivity index (χ1) is 12.1. The number of benzene rings is 1. The minimum atomic E-state index is -0.787. The molecule has 0 fully saturated rings. The lowest BCUT2D eigenvalue weighted by Crippen LogP contribution is -2.36. The molecule has 1 aromatic carbocycles. The second-order valence-corrected chi connectivity index (χ2v) is 7.73. The Morgan fingerprint density at radius 2 is 1.54 bits per heavy atom. The number of rotatable bonds is 5. The molecule has 1 aromatic rings. The van der Waals surface area contributed by atoms with E-state index in [4.69, 9.17) is 5.11 Å². The zero-order chi connectivity index (χ0) is 19.6. The first-order valence-electron chi connectivity index (χ1n) is 8.82. The average molecular weight is 359 g/mol. The fraction of sp³-hybridized carbons (Fsp3) is 0.476. The fourth-order valence-corrected chi connectivity index (χ4v) is 3.63. The maximum absolute atomic E-state index is 12.5. The van der Waals surface area contributed by atoms with Gasteiger partial charge in [0, 0.05) is 12.1 Å². The van der Waals surface area contributed by atoms with Crippen LogP contribution in [0.15, 0.2) is 46.6 Å². The number of aliphatic hydroxyl groups excluding tert-OH is 3. The topological polar surface area (TPSA) is 89.8 Å². The van der Waals surface area contributed by atoms with Gasteiger partial charge in [-0.1, -0.05) is 26.0 Å². The van der Waals surface area contributed by atoms with Gasteiger partial charge in [0.05, 0.1) is 18.8 Å². The third kappa shape index (κ3) is 4.06. The van der Waals surface area contributed by atoms with Crippen LogP contribution >= 0.6 is 0 Å². The van der Waals surface area contributed by atoms with Crippen molar-refractivity contribution in [3.05, 3.63) is 52.1 Å². The lowest BCUT2D eigenvalue weighted by Gasteiger charge is -2.38. The molecule has 5 nitrogen and oxygen atoms in total. The van der Waals surface area contributed by atoms with E-state index < -0.39 is 17.6 Å². The van der Waals surface area contributed by atoms with E-state index in [1.54, 1.807) is 24.3 Å². The van der Waals surface area contributed by atoms with Crippen LogP contribution in [0.4, 0.5) is 5.69 Å². The van der Waals surface area contributed by atoms with Crippen LogP contribution in [-0.2, 0) is 11.4 Å². The van der Waals surface area contributed by atoms with E-state index in [2.05, 4.69) is 5.32 Å². The summed E-state index contributed by atoms with van der Waals surface area (Å²) in [6, 6.07) is 7.00. The van der Waals surface area contributed by atoms with Crippen LogP contribution < -0.4 is 5.32 Å². The minimum absolute atomic E-state index is 0.0405. The molecule has 4 N–H and O–H groups in total. The summed E-state index contributed by atoms with van der Waals surface area (Å²) in [5, 5.41) is 33.1. The summed E-state index contributed by atoms with van der Waals surface area (Å²) >= 11 is 0. The third-order valence-corrected chi connectivity index (χ3v) is 5.30. The predicted molar refractivity (Wildman–Crippen MR) is 102 cm³/mol. The summed E-state index contributed by atoms with van der Waals surface area (Å²) in [4.78, 5) is 12.5. The summed E-state index contributed by atoms with van der Waals surface area (Å²) in [7, 11) is 0. The van der Waals surface area contributed by atoms with Crippen LogP contribution in [0.25, 0.3) is 0 Å². The first kappa shape index (κ1) is 20.4. The summed E-state index contributed by atoms with van der Waals surface area (Å²) in [5.41, 5.74) is 3.76. The molecular weight excluding hydrogens is 330 g/mol. The van der Waals surface area contributed by atoms with Crippen molar-refractivity contribution in [2.45, 2.75) is 59.9 Å². The Hall–Kier alpha value is -1.95. The number of hydrogen-bond acceptors (Lipinski definition) is 4. The van der Waals surface area contributed by atoms with Crippen LogP contribution in [0.1, 0.15) is 46.6 Å². The molecule has 5 heteroatoms. The summed E-state index contributed by atoms with van der Waals surface area (Å²) in [5.74, 6) is -0.169. The van der Waals surface area contributed by atoms with Gasteiger partial charge in [0.2, 0.25) is 5.91 Å². The smallest absolute Gasteiger partial charge is 0.225 e. The first-order valence-corrected chi connectivity index (χ1v) is 8.82. The maximum Gasteiger partial charge on any atom is 0.225 e. The molecule has 2 atom stereocenters. The highest BCUT2D eigenvalue weighted by atomic mass is 16.3. The van der Waals surface area contributed by atoms with Crippen molar-refractivity contribution < 1.29 is 20.1 Å². The quantitative estimate of drug-likeness (QED) is 0.609. The Balaban J connectivity index is 2.17. The van der Waals surface area contributed by atoms with E-state index in [1.807, 2.05) is 34.6 Å². The van der Waals surface area contributed by atoms with Crippen LogP contribution in [0, 0.1) is 5.41 Å². The molecule has 0 spiro atoms. The summed E-state index contributed by atoms with van der Waals surface area (Å²) < 4.78 is 0. The van der Waals surface area contributed by atoms with Gasteiger partial charge in [0.25, 0.3) is 0 Å². The number of nitrogens with one attached hydrogen (secondary N) is 1. The highest BCUT2D eigenvalue weighted by Crippen LogP contribution is 2.42. The molecule has 0 aromatic heterocycles. The normalized spacial score (nSPS) is 21.2. The van der Waals surface area contributed by atoms with Crippen molar-refractivity contribution in [2.75, 3.05) is 5.32 Å². The van der Waals surface area contributed by atoms with Crippen molar-refractivity contribution in [3.8, 4) is 0 Å². The van der Waals surface area contributed by atoms with Crippen LogP contribution in [0.5, 0.6) is 0 Å². The molecule has 1 aliphatic rings. The van der Waals surface area contributed by atoms with Gasteiger partial charge in [0.15, 0.2) is 0 Å². The second-order valence-electron chi connectivity index (χ2n) is 7.73. The van der Waals surface area contributed by atoms with Crippen LogP contribution in [-0.4, -0.2) is 33.4 Å². The summed E-state index contributed by atoms with van der Waals surface area (Å²) in [6.07, 6.45) is -1.33. The van der Waals surface area contributed by atoms with Gasteiger partial charge in [-0.3, -0.25) is 4.79 Å². The number of hydrogen-bond donors (Lipinski definition) is 4. The number of amides is 1. The molecule has 0 radical (unpaired) electrons. The van der Waals surface area contributed by atoms with Crippen LogP contribution in [0.3, 0.4) is 0 Å². The molecule has 0 bridgehead atoms. The standard InChI is InChI=1S/C21H29NO4/c1-12-13(2)20(26)18(14(3)19(12)25)21(4,5)10-17(24)22-16-8-6-15(11-23)7-9-16/h6-9,19-20,23,25-26H,10-11H2,1-5H3,(H,22,24). The van der Waals surface area contributed by atoms with E-state index in [1.165, 1.54) is 0 Å². The molecule has 1 amide bonds. The Bertz CT molecular complexity index is 744. The van der Waals surface area contributed by atoms with Gasteiger partial charge in [-0.25, -0.2) is 0 Å². The number of carbonyl (C=O) groups is 1. The number of aliphatic hydroxyl groups is 3. The summed E-state index contributed by atoms with van der Waals surface area (Å²) in [6.45, 7) is 9.22. The Labute approximate surface area is 155 Å². The van der Waals surface area contributed by atoms with E-state index >= 15 is 0 Å². The van der Waals surface area contributed by atoms with Gasteiger partial charge >= 0.3 is 0 Å². The largest absolute Gasteiger partial charge is 0.392 e. The van der Waals surface area contributed by atoms with Crippen LogP contribution in [0.2, 0.25) is 0 Å². The van der Waals surface area contributed by atoms with Gasteiger partial charge in [0.1, 0.15) is 0 Å². The van der Waals surface area contributed by atoms with E-state index in [9.17, 15) is 15.0 Å². The number of anilines is 1. The fourth-order valence-electron chi connectivity index (χ4n) is 3.63. The van der Waals surface area contributed by atoms with Crippen molar-refractivity contribution in [1.82, 2.24) is 0 Å². The van der Waals surface area contributed by atoms with E-state index in [0.29, 0.717) is 16.8 Å². The van der Waals surface area contributed by atoms with Crippen molar-refractivity contribution in [3.63, 3.8) is 0 Å². The highest BCUT2D eigenvalue weighted by molar-refractivity contribution is 5.91. The molecule has 26 heavy (non-hydrogen) atoms. The van der Waals surface area contributed by atoms with Gasteiger partial charge in [-0.15, -0.1) is 0 Å². The Kier molecular flexibility index (Phi) is 6.06. The molecule has 0 heterocycles. The zero-order valence-corrected chi connectivity index (χ0v) is 16.1. The zero-order valence-electron chi connectivity index (χ0n) is 16.1. The second kappa shape index (κ2) is 7.74. The monoisotopic (exact) mass is 359 g/mol. The molecule has 1 aliphatic carbocycles. The van der Waals surface area contributed by atoms with Crippen molar-refractivity contribution in [2.24, 2.45) is 5.41 Å². The minimum Gasteiger partial charge on any atom is -0.392 e. The predicted octanol–water partition coefficient (Wildman–Crippen LogP) is 2.92. The lowest BCUT2D eigenvalue weighted by molar-refractivity contribution is -0.117.